The molecule has 0 unspecified atom stereocenters. The fraction of sp³-hybridized carbons (Fsp3) is 0.316. The molecule has 0 aliphatic heterocycles. The van der Waals surface area contributed by atoms with E-state index in [0.29, 0.717) is 13.2 Å². The van der Waals surface area contributed by atoms with Gasteiger partial charge in [0.25, 0.3) is 0 Å². The Balaban J connectivity index is 1.79. The molecule has 2 aromatic heterocycles. The summed E-state index contributed by atoms with van der Waals surface area (Å²) in [5.41, 5.74) is 2.72. The lowest BCUT2D eigenvalue weighted by Gasteiger charge is -2.20. The first-order chi connectivity index (χ1) is 13.1. The monoisotopic (exact) mass is 387 g/mol. The van der Waals surface area contributed by atoms with Gasteiger partial charge in [-0.05, 0) is 0 Å². The van der Waals surface area contributed by atoms with E-state index >= 15 is 0 Å². The molecule has 0 bridgehead atoms. The van der Waals surface area contributed by atoms with E-state index in [2.05, 4.69) is 9.72 Å². The van der Waals surface area contributed by atoms with Crippen molar-refractivity contribution in [3.63, 3.8) is 0 Å². The molecule has 8 heteroatoms. The third-order valence-corrected chi connectivity index (χ3v) is 5.04. The molecular weight excluding hydrogens is 366 g/mol. The average Bonchev–Trinajstić information content (AvgIpc) is 3.27. The molecule has 0 aliphatic carbocycles. The summed E-state index contributed by atoms with van der Waals surface area (Å²) in [6, 6.07) is 9.89. The van der Waals surface area contributed by atoms with Gasteiger partial charge in [-0.1, -0.05) is 30.3 Å². The summed E-state index contributed by atoms with van der Waals surface area (Å²) in [7, 11) is 2.86. The second kappa shape index (κ2) is 8.79. The van der Waals surface area contributed by atoms with E-state index in [1.807, 2.05) is 46.3 Å². The topological polar surface area (TPSA) is 73.1 Å². The third-order valence-electron chi connectivity index (χ3n) is 4.15. The molecule has 0 fully saturated rings. The number of methoxy groups -OCH3 is 2. The lowest BCUT2D eigenvalue weighted by Crippen LogP contribution is -2.39. The number of nitrogens with zero attached hydrogens (tertiary/aromatic N) is 3. The minimum absolute atomic E-state index is 0.0921. The number of hydrogen-bond acceptors (Lipinski definition) is 6. The van der Waals surface area contributed by atoms with Gasteiger partial charge in [-0.15, -0.1) is 11.3 Å². The van der Waals surface area contributed by atoms with Gasteiger partial charge in [-0.2, -0.15) is 0 Å². The molecule has 0 N–H and O–H groups in total. The molecule has 0 spiro atoms. The first kappa shape index (κ1) is 19.1. The highest BCUT2D eigenvalue weighted by molar-refractivity contribution is 7.15. The first-order valence-electron chi connectivity index (χ1n) is 8.46. The molecule has 0 saturated carbocycles. The second-order valence-corrected chi connectivity index (χ2v) is 6.77. The summed E-state index contributed by atoms with van der Waals surface area (Å²) >= 11 is 1.48. The van der Waals surface area contributed by atoms with E-state index in [0.717, 1.165) is 21.9 Å². The zero-order chi connectivity index (χ0) is 19.2. The van der Waals surface area contributed by atoms with Crippen molar-refractivity contribution in [3.8, 4) is 11.3 Å². The quantitative estimate of drug-likeness (QED) is 0.555. The van der Waals surface area contributed by atoms with Crippen molar-refractivity contribution >= 4 is 28.2 Å². The van der Waals surface area contributed by atoms with Crippen molar-refractivity contribution in [2.45, 2.75) is 6.42 Å². The Labute approximate surface area is 161 Å². The van der Waals surface area contributed by atoms with Gasteiger partial charge in [-0.25, -0.2) is 4.98 Å². The highest BCUT2D eigenvalue weighted by Gasteiger charge is 2.20. The van der Waals surface area contributed by atoms with Gasteiger partial charge in [0, 0.05) is 36.5 Å². The van der Waals surface area contributed by atoms with E-state index in [1.54, 1.807) is 7.11 Å². The van der Waals surface area contributed by atoms with Crippen LogP contribution in [0.1, 0.15) is 5.69 Å². The number of ether oxygens (including phenoxy) is 2. The Morgan fingerprint density at radius 1 is 1.22 bits per heavy atom. The van der Waals surface area contributed by atoms with Crippen molar-refractivity contribution in [2.75, 3.05) is 33.9 Å². The lowest BCUT2D eigenvalue weighted by molar-refractivity contribution is -0.147. The van der Waals surface area contributed by atoms with Crippen molar-refractivity contribution in [3.05, 3.63) is 47.6 Å². The Morgan fingerprint density at radius 3 is 2.70 bits per heavy atom. The molecular formula is C19H21N3O4S. The molecule has 0 saturated heterocycles. The van der Waals surface area contributed by atoms with Crippen LogP contribution in [0, 0.1) is 0 Å². The molecule has 27 heavy (non-hydrogen) atoms. The highest BCUT2D eigenvalue weighted by atomic mass is 32.1. The van der Waals surface area contributed by atoms with Gasteiger partial charge < -0.3 is 14.4 Å². The molecule has 3 rings (SSSR count). The molecule has 142 valence electrons. The number of amides is 1. The van der Waals surface area contributed by atoms with E-state index in [-0.39, 0.29) is 18.9 Å². The van der Waals surface area contributed by atoms with Crippen molar-refractivity contribution in [1.29, 1.82) is 0 Å². The molecule has 2 heterocycles. The minimum Gasteiger partial charge on any atom is -0.468 e. The number of carbonyl (C=O) groups is 2. The van der Waals surface area contributed by atoms with E-state index < -0.39 is 5.97 Å². The standard InChI is InChI=1S/C19H21N3O4S/c1-25-9-8-21(12-18(24)26-2)17(23)10-15-13-27-19-20-16(11-22(15)19)14-6-4-3-5-7-14/h3-7,11,13H,8-10,12H2,1-2H3. The number of esters is 1. The third kappa shape index (κ3) is 4.53. The Morgan fingerprint density at radius 2 is 2.00 bits per heavy atom. The molecule has 0 aliphatic rings. The number of thiazole rings is 1. The van der Waals surface area contributed by atoms with Crippen LogP contribution in [0.3, 0.4) is 0 Å². The van der Waals surface area contributed by atoms with E-state index in [1.165, 1.54) is 23.3 Å². The van der Waals surface area contributed by atoms with Gasteiger partial charge in [0.2, 0.25) is 5.91 Å². The van der Waals surface area contributed by atoms with Crippen LogP contribution in [0.15, 0.2) is 41.9 Å². The van der Waals surface area contributed by atoms with Crippen molar-refractivity contribution in [1.82, 2.24) is 14.3 Å². The molecule has 0 radical (unpaired) electrons. The van der Waals surface area contributed by atoms with Gasteiger partial charge in [0.1, 0.15) is 6.54 Å². The van der Waals surface area contributed by atoms with Crippen LogP contribution in [0.5, 0.6) is 0 Å². The fourth-order valence-electron chi connectivity index (χ4n) is 2.69. The maximum Gasteiger partial charge on any atom is 0.325 e. The van der Waals surface area contributed by atoms with Crippen LogP contribution in [0.4, 0.5) is 0 Å². The van der Waals surface area contributed by atoms with Gasteiger partial charge >= 0.3 is 5.97 Å². The molecule has 7 nitrogen and oxygen atoms in total. The highest BCUT2D eigenvalue weighted by Crippen LogP contribution is 2.24. The predicted molar refractivity (Wildman–Crippen MR) is 103 cm³/mol. The summed E-state index contributed by atoms with van der Waals surface area (Å²) in [5.74, 6) is -0.615. The summed E-state index contributed by atoms with van der Waals surface area (Å²) < 4.78 is 11.6. The average molecular weight is 387 g/mol. The van der Waals surface area contributed by atoms with Gasteiger partial charge in [0.05, 0.1) is 25.8 Å². The summed E-state index contributed by atoms with van der Waals surface area (Å²) in [6.45, 7) is 0.590. The summed E-state index contributed by atoms with van der Waals surface area (Å²) in [6.07, 6.45) is 2.11. The van der Waals surface area contributed by atoms with Crippen LogP contribution in [-0.4, -0.2) is 60.1 Å². The zero-order valence-electron chi connectivity index (χ0n) is 15.3. The Hall–Kier alpha value is -2.71. The van der Waals surface area contributed by atoms with Crippen LogP contribution in [-0.2, 0) is 25.5 Å². The van der Waals surface area contributed by atoms with Crippen molar-refractivity contribution < 1.29 is 19.1 Å². The SMILES string of the molecule is COCCN(CC(=O)OC)C(=O)Cc1csc2nc(-c3ccccc3)cn12. The number of imidazole rings is 1. The smallest absolute Gasteiger partial charge is 0.325 e. The Kier molecular flexibility index (Phi) is 6.20. The maximum atomic E-state index is 12.7. The van der Waals surface area contributed by atoms with E-state index in [4.69, 9.17) is 4.74 Å². The molecule has 1 aromatic carbocycles. The van der Waals surface area contributed by atoms with Crippen LogP contribution in [0.25, 0.3) is 16.2 Å². The summed E-state index contributed by atoms with van der Waals surface area (Å²) in [5, 5.41) is 1.92. The number of aromatic nitrogens is 2. The normalized spacial score (nSPS) is 10.9. The number of hydrogen-bond donors (Lipinski definition) is 0. The zero-order valence-corrected chi connectivity index (χ0v) is 16.1. The molecule has 3 aromatic rings. The fourth-order valence-corrected chi connectivity index (χ4v) is 3.56. The van der Waals surface area contributed by atoms with Crippen LogP contribution < -0.4 is 0 Å². The second-order valence-electron chi connectivity index (χ2n) is 5.93. The van der Waals surface area contributed by atoms with Gasteiger partial charge in [0.15, 0.2) is 4.96 Å². The van der Waals surface area contributed by atoms with Gasteiger partial charge in [-0.3, -0.25) is 14.0 Å². The summed E-state index contributed by atoms with van der Waals surface area (Å²) in [4.78, 5) is 31.2. The number of rotatable bonds is 8. The van der Waals surface area contributed by atoms with Crippen molar-refractivity contribution in [2.24, 2.45) is 0 Å². The van der Waals surface area contributed by atoms with E-state index in [9.17, 15) is 9.59 Å². The van der Waals surface area contributed by atoms with Crippen LogP contribution >= 0.6 is 11.3 Å². The lowest BCUT2D eigenvalue weighted by atomic mass is 10.2. The molecule has 0 atom stereocenters. The number of benzene rings is 1. The Bertz CT molecular complexity index is 920. The maximum absolute atomic E-state index is 12.7. The van der Waals surface area contributed by atoms with Crippen LogP contribution in [0.2, 0.25) is 0 Å². The number of fused-ring (bicyclic) bond motifs is 1. The minimum atomic E-state index is -0.455. The first-order valence-corrected chi connectivity index (χ1v) is 9.34. The largest absolute Gasteiger partial charge is 0.468 e. The predicted octanol–water partition coefficient (Wildman–Crippen LogP) is 2.25. The number of carbonyl (C=O) groups excluding carboxylic acids is 2. The molecule has 1 amide bonds.